The van der Waals surface area contributed by atoms with Crippen molar-refractivity contribution in [1.29, 1.82) is 0 Å². The number of hydrogen-bond acceptors (Lipinski definition) is 3. The summed E-state index contributed by atoms with van der Waals surface area (Å²) in [4.78, 5) is 16.6. The SMILES string of the molecule is CC1CCC(N2CCN(C(=O)CCCN)CC2)CC1. The Hall–Kier alpha value is -0.610. The molecule has 2 fully saturated rings. The van der Waals surface area contributed by atoms with Gasteiger partial charge in [0.15, 0.2) is 0 Å². The zero-order chi connectivity index (χ0) is 13.7. The summed E-state index contributed by atoms with van der Waals surface area (Å²) >= 11 is 0. The minimum atomic E-state index is 0.294. The normalized spacial score (nSPS) is 29.5. The van der Waals surface area contributed by atoms with Crippen LogP contribution in [0.5, 0.6) is 0 Å². The molecule has 0 unspecified atom stereocenters. The molecule has 1 heterocycles. The van der Waals surface area contributed by atoms with Crippen molar-refractivity contribution in [2.45, 2.75) is 51.5 Å². The van der Waals surface area contributed by atoms with E-state index in [0.717, 1.165) is 44.6 Å². The van der Waals surface area contributed by atoms with Gasteiger partial charge in [-0.05, 0) is 44.6 Å². The molecule has 110 valence electrons. The van der Waals surface area contributed by atoms with Crippen LogP contribution < -0.4 is 5.73 Å². The maximum Gasteiger partial charge on any atom is 0.222 e. The topological polar surface area (TPSA) is 49.6 Å². The Labute approximate surface area is 117 Å². The zero-order valence-corrected chi connectivity index (χ0v) is 12.3. The smallest absolute Gasteiger partial charge is 0.222 e. The van der Waals surface area contributed by atoms with E-state index in [1.165, 1.54) is 25.7 Å². The Balaban J connectivity index is 1.71. The Morgan fingerprint density at radius 3 is 2.32 bits per heavy atom. The van der Waals surface area contributed by atoms with Crippen molar-refractivity contribution in [3.05, 3.63) is 0 Å². The maximum atomic E-state index is 11.9. The van der Waals surface area contributed by atoms with Gasteiger partial charge < -0.3 is 10.6 Å². The summed E-state index contributed by atoms with van der Waals surface area (Å²) in [6.07, 6.45) is 6.89. The van der Waals surface area contributed by atoms with Crippen LogP contribution in [0, 0.1) is 5.92 Å². The molecule has 1 saturated carbocycles. The monoisotopic (exact) mass is 267 g/mol. The van der Waals surface area contributed by atoms with Gasteiger partial charge in [0.1, 0.15) is 0 Å². The fourth-order valence-electron chi connectivity index (χ4n) is 3.36. The van der Waals surface area contributed by atoms with Crippen molar-refractivity contribution in [3.63, 3.8) is 0 Å². The quantitative estimate of drug-likeness (QED) is 0.838. The van der Waals surface area contributed by atoms with E-state index in [1.807, 2.05) is 4.90 Å². The number of rotatable bonds is 4. The second kappa shape index (κ2) is 7.25. The zero-order valence-electron chi connectivity index (χ0n) is 12.3. The van der Waals surface area contributed by atoms with Gasteiger partial charge in [-0.3, -0.25) is 9.69 Å². The van der Waals surface area contributed by atoms with E-state index >= 15 is 0 Å². The number of nitrogens with two attached hydrogens (primary N) is 1. The standard InChI is InChI=1S/C15H29N3O/c1-13-4-6-14(7-5-13)17-9-11-18(12-10-17)15(19)3-2-8-16/h13-14H,2-12,16H2,1H3. The summed E-state index contributed by atoms with van der Waals surface area (Å²) in [6.45, 7) is 6.93. The molecule has 0 aromatic rings. The van der Waals surface area contributed by atoms with Gasteiger partial charge in [-0.2, -0.15) is 0 Å². The van der Waals surface area contributed by atoms with Crippen molar-refractivity contribution in [2.24, 2.45) is 11.7 Å². The first kappa shape index (κ1) is 14.8. The Kier molecular flexibility index (Phi) is 5.64. The molecule has 2 rings (SSSR count). The van der Waals surface area contributed by atoms with Crippen LogP contribution in [0.1, 0.15) is 45.4 Å². The van der Waals surface area contributed by atoms with Gasteiger partial charge >= 0.3 is 0 Å². The van der Waals surface area contributed by atoms with Crippen LogP contribution in [0.15, 0.2) is 0 Å². The molecule has 1 saturated heterocycles. The highest BCUT2D eigenvalue weighted by Gasteiger charge is 2.28. The Bertz CT molecular complexity index is 279. The van der Waals surface area contributed by atoms with Crippen molar-refractivity contribution >= 4 is 5.91 Å². The number of nitrogens with zero attached hydrogens (tertiary/aromatic N) is 2. The van der Waals surface area contributed by atoms with Gasteiger partial charge in [-0.1, -0.05) is 6.92 Å². The summed E-state index contributed by atoms with van der Waals surface area (Å²) in [6, 6.07) is 0.775. The largest absolute Gasteiger partial charge is 0.340 e. The lowest BCUT2D eigenvalue weighted by Crippen LogP contribution is -2.52. The van der Waals surface area contributed by atoms with Crippen LogP contribution in [-0.2, 0) is 4.79 Å². The minimum Gasteiger partial charge on any atom is -0.340 e. The molecule has 2 N–H and O–H groups in total. The second-order valence-electron chi connectivity index (χ2n) is 6.22. The average molecular weight is 267 g/mol. The molecule has 1 aliphatic carbocycles. The number of amides is 1. The molecule has 0 bridgehead atoms. The van der Waals surface area contributed by atoms with E-state index in [2.05, 4.69) is 11.8 Å². The molecule has 2 aliphatic rings. The second-order valence-corrected chi connectivity index (χ2v) is 6.22. The highest BCUT2D eigenvalue weighted by Crippen LogP contribution is 2.27. The molecule has 4 heteroatoms. The fourth-order valence-corrected chi connectivity index (χ4v) is 3.36. The highest BCUT2D eigenvalue weighted by atomic mass is 16.2. The first-order chi connectivity index (χ1) is 9.20. The molecule has 1 aliphatic heterocycles. The van der Waals surface area contributed by atoms with Crippen molar-refractivity contribution in [1.82, 2.24) is 9.80 Å². The lowest BCUT2D eigenvalue weighted by atomic mass is 9.86. The predicted octanol–water partition coefficient (Wildman–Crippen LogP) is 1.45. The van der Waals surface area contributed by atoms with Gasteiger partial charge in [0.2, 0.25) is 5.91 Å². The Morgan fingerprint density at radius 2 is 1.74 bits per heavy atom. The summed E-state index contributed by atoms with van der Waals surface area (Å²) in [5.74, 6) is 1.21. The number of piperazine rings is 1. The predicted molar refractivity (Wildman–Crippen MR) is 77.9 cm³/mol. The Morgan fingerprint density at radius 1 is 1.11 bits per heavy atom. The van der Waals surface area contributed by atoms with Gasteiger partial charge in [-0.15, -0.1) is 0 Å². The third kappa shape index (κ3) is 4.18. The van der Waals surface area contributed by atoms with E-state index < -0.39 is 0 Å². The van der Waals surface area contributed by atoms with Crippen LogP contribution >= 0.6 is 0 Å². The highest BCUT2D eigenvalue weighted by molar-refractivity contribution is 5.76. The third-order valence-corrected chi connectivity index (χ3v) is 4.76. The number of carbonyl (C=O) groups excluding carboxylic acids is 1. The van der Waals surface area contributed by atoms with Crippen LogP contribution in [0.3, 0.4) is 0 Å². The van der Waals surface area contributed by atoms with E-state index in [4.69, 9.17) is 5.73 Å². The van der Waals surface area contributed by atoms with Gasteiger partial charge in [0.05, 0.1) is 0 Å². The van der Waals surface area contributed by atoms with E-state index in [1.54, 1.807) is 0 Å². The maximum absolute atomic E-state index is 11.9. The van der Waals surface area contributed by atoms with Gasteiger partial charge in [-0.25, -0.2) is 0 Å². The van der Waals surface area contributed by atoms with E-state index in [9.17, 15) is 4.79 Å². The molecule has 19 heavy (non-hydrogen) atoms. The first-order valence-corrected chi connectivity index (χ1v) is 7.92. The number of hydrogen-bond donors (Lipinski definition) is 1. The fraction of sp³-hybridized carbons (Fsp3) is 0.933. The minimum absolute atomic E-state index is 0.294. The molecule has 1 amide bonds. The lowest BCUT2D eigenvalue weighted by Gasteiger charge is -2.41. The van der Waals surface area contributed by atoms with Crippen molar-refractivity contribution in [3.8, 4) is 0 Å². The third-order valence-electron chi connectivity index (χ3n) is 4.76. The van der Waals surface area contributed by atoms with Crippen LogP contribution in [0.4, 0.5) is 0 Å². The van der Waals surface area contributed by atoms with Crippen LogP contribution in [-0.4, -0.2) is 54.5 Å². The van der Waals surface area contributed by atoms with E-state index in [0.29, 0.717) is 18.9 Å². The molecular weight excluding hydrogens is 238 g/mol. The van der Waals surface area contributed by atoms with Gasteiger partial charge in [0, 0.05) is 38.6 Å². The summed E-state index contributed by atoms with van der Waals surface area (Å²) < 4.78 is 0. The van der Waals surface area contributed by atoms with Gasteiger partial charge in [0.25, 0.3) is 0 Å². The first-order valence-electron chi connectivity index (χ1n) is 7.92. The molecule has 0 spiro atoms. The number of carbonyl (C=O) groups is 1. The lowest BCUT2D eigenvalue weighted by molar-refractivity contribution is -0.133. The van der Waals surface area contributed by atoms with E-state index in [-0.39, 0.29) is 0 Å². The molecule has 0 atom stereocenters. The summed E-state index contributed by atoms with van der Waals surface area (Å²) in [7, 11) is 0. The molecule has 0 aromatic heterocycles. The average Bonchev–Trinajstić information content (AvgIpc) is 2.46. The van der Waals surface area contributed by atoms with Crippen LogP contribution in [0.2, 0.25) is 0 Å². The van der Waals surface area contributed by atoms with Crippen molar-refractivity contribution in [2.75, 3.05) is 32.7 Å². The summed E-state index contributed by atoms with van der Waals surface area (Å²) in [5.41, 5.74) is 5.46. The molecule has 4 nitrogen and oxygen atoms in total. The molecule has 0 aromatic carbocycles. The van der Waals surface area contributed by atoms with Crippen LogP contribution in [0.25, 0.3) is 0 Å². The summed E-state index contributed by atoms with van der Waals surface area (Å²) in [5, 5.41) is 0. The molecule has 0 radical (unpaired) electrons. The molecular formula is C15H29N3O. The van der Waals surface area contributed by atoms with Crippen molar-refractivity contribution < 1.29 is 4.79 Å².